The minimum absolute atomic E-state index is 0.0642. The van der Waals surface area contributed by atoms with Gasteiger partial charge in [-0.2, -0.15) is 9.36 Å². The Morgan fingerprint density at radius 1 is 1.33 bits per heavy atom. The molecule has 4 aliphatic heterocycles. The number of amides is 3. The number of thioether (sulfide) groups is 1. The summed E-state index contributed by atoms with van der Waals surface area (Å²) < 4.78 is 3.82. The number of hydrogen-bond acceptors (Lipinski definition) is 12. The van der Waals surface area contributed by atoms with Crippen molar-refractivity contribution in [2.24, 2.45) is 5.16 Å². The molecule has 0 saturated carbocycles. The number of rotatable bonds is 6. The maximum absolute atomic E-state index is 12.9. The zero-order chi connectivity index (χ0) is 25.6. The van der Waals surface area contributed by atoms with Crippen molar-refractivity contribution in [3.8, 4) is 0 Å². The number of nitrogens with two attached hydrogens (primary N) is 1. The quantitative estimate of drug-likeness (QED) is 0.0939. The fourth-order valence-electron chi connectivity index (χ4n) is 4.72. The van der Waals surface area contributed by atoms with Crippen molar-refractivity contribution in [3.05, 3.63) is 28.7 Å². The SMILES string of the molecule is Nc1nc(C(=NO)C(=O)N[C@@H]2C(=O)N3C(C(=O)O)=C(C=C4CCN([C@H]5CCNC5)C4=O)CS[C@H]23)ns1. The maximum atomic E-state index is 12.9. The number of oxime groups is 1. The van der Waals surface area contributed by atoms with Crippen LogP contribution in [0.25, 0.3) is 0 Å². The Kier molecular flexibility index (Phi) is 6.40. The number of carboxylic acids is 1. The second-order valence-electron chi connectivity index (χ2n) is 8.51. The molecule has 3 atom stereocenters. The van der Waals surface area contributed by atoms with Crippen molar-refractivity contribution < 1.29 is 29.5 Å². The van der Waals surface area contributed by atoms with Gasteiger partial charge in [-0.1, -0.05) is 5.16 Å². The van der Waals surface area contributed by atoms with Gasteiger partial charge in [-0.05, 0) is 31.0 Å². The average Bonchev–Trinajstić information content (AvgIpc) is 3.60. The maximum Gasteiger partial charge on any atom is 0.352 e. The molecular formula is C20H22N8O6S2. The van der Waals surface area contributed by atoms with E-state index in [1.54, 1.807) is 6.08 Å². The van der Waals surface area contributed by atoms with Gasteiger partial charge < -0.3 is 31.6 Å². The summed E-state index contributed by atoms with van der Waals surface area (Å²) in [5.41, 5.74) is 5.67. The van der Waals surface area contributed by atoms with E-state index in [9.17, 15) is 29.5 Å². The Balaban J connectivity index is 1.33. The van der Waals surface area contributed by atoms with Crippen LogP contribution in [0.4, 0.5) is 5.13 Å². The molecule has 3 saturated heterocycles. The van der Waals surface area contributed by atoms with Gasteiger partial charge in [0.1, 0.15) is 17.1 Å². The lowest BCUT2D eigenvalue weighted by molar-refractivity contribution is -0.150. The summed E-state index contributed by atoms with van der Waals surface area (Å²) in [5.74, 6) is -2.90. The zero-order valence-corrected chi connectivity index (χ0v) is 20.3. The fraction of sp³-hybridized carbons (Fsp3) is 0.450. The first-order chi connectivity index (χ1) is 17.3. The Morgan fingerprint density at radius 2 is 2.14 bits per heavy atom. The first kappa shape index (κ1) is 24.2. The van der Waals surface area contributed by atoms with Crippen LogP contribution in [0.1, 0.15) is 18.7 Å². The molecule has 6 N–H and O–H groups in total. The molecule has 14 nitrogen and oxygen atoms in total. The van der Waals surface area contributed by atoms with Crippen LogP contribution in [-0.4, -0.2) is 102 Å². The van der Waals surface area contributed by atoms with Crippen molar-refractivity contribution in [2.45, 2.75) is 30.3 Å². The van der Waals surface area contributed by atoms with Crippen molar-refractivity contribution in [1.82, 2.24) is 29.8 Å². The summed E-state index contributed by atoms with van der Waals surface area (Å²) in [6.45, 7) is 2.17. The smallest absolute Gasteiger partial charge is 0.352 e. The van der Waals surface area contributed by atoms with Crippen molar-refractivity contribution >= 4 is 57.8 Å². The van der Waals surface area contributed by atoms with E-state index in [1.807, 2.05) is 4.90 Å². The molecule has 0 bridgehead atoms. The summed E-state index contributed by atoms with van der Waals surface area (Å²) in [6, 6.07) is -0.914. The number of nitrogens with zero attached hydrogens (tertiary/aromatic N) is 5. The van der Waals surface area contributed by atoms with Gasteiger partial charge in [0.25, 0.3) is 11.8 Å². The fourth-order valence-corrected chi connectivity index (χ4v) is 6.46. The largest absolute Gasteiger partial charge is 0.477 e. The highest BCUT2D eigenvalue weighted by molar-refractivity contribution is 8.00. The topological polar surface area (TPSA) is 203 Å². The van der Waals surface area contributed by atoms with Gasteiger partial charge in [0, 0.05) is 42.0 Å². The Labute approximate surface area is 212 Å². The summed E-state index contributed by atoms with van der Waals surface area (Å²) >= 11 is 2.07. The van der Waals surface area contributed by atoms with Crippen LogP contribution in [0, 0.1) is 0 Å². The third-order valence-corrected chi connectivity index (χ3v) is 8.28. The molecule has 36 heavy (non-hydrogen) atoms. The number of likely N-dealkylation sites (tertiary alicyclic amines) is 1. The molecule has 3 fully saturated rings. The molecule has 190 valence electrons. The minimum atomic E-state index is -1.30. The lowest BCUT2D eigenvalue weighted by Crippen LogP contribution is -2.71. The van der Waals surface area contributed by atoms with Crippen LogP contribution in [0.3, 0.4) is 0 Å². The van der Waals surface area contributed by atoms with E-state index in [1.165, 1.54) is 11.8 Å². The van der Waals surface area contributed by atoms with E-state index in [-0.39, 0.29) is 34.4 Å². The van der Waals surface area contributed by atoms with Gasteiger partial charge in [-0.15, -0.1) is 11.8 Å². The number of carbonyl (C=O) groups is 4. The highest BCUT2D eigenvalue weighted by atomic mass is 32.2. The molecule has 5 rings (SSSR count). The van der Waals surface area contributed by atoms with E-state index >= 15 is 0 Å². The minimum Gasteiger partial charge on any atom is -0.477 e. The number of anilines is 1. The molecule has 0 aromatic carbocycles. The third-order valence-electron chi connectivity index (χ3n) is 6.44. The van der Waals surface area contributed by atoms with Gasteiger partial charge >= 0.3 is 5.97 Å². The molecule has 0 radical (unpaired) electrons. The van der Waals surface area contributed by atoms with Crippen LogP contribution < -0.4 is 16.4 Å². The third kappa shape index (κ3) is 4.10. The summed E-state index contributed by atoms with van der Waals surface area (Å²) in [6.07, 6.45) is 2.97. The molecule has 16 heteroatoms. The van der Waals surface area contributed by atoms with E-state index in [2.05, 4.69) is 25.1 Å². The van der Waals surface area contributed by atoms with Crippen LogP contribution in [-0.2, 0) is 19.2 Å². The van der Waals surface area contributed by atoms with Crippen molar-refractivity contribution in [3.63, 3.8) is 0 Å². The predicted molar refractivity (Wildman–Crippen MR) is 128 cm³/mol. The molecule has 4 aliphatic rings. The Hall–Kier alpha value is -3.50. The summed E-state index contributed by atoms with van der Waals surface area (Å²) in [7, 11) is 0. The number of carboxylic acid groups (broad SMARTS) is 1. The number of β-lactam (4-membered cyclic amide) rings is 1. The zero-order valence-electron chi connectivity index (χ0n) is 18.7. The molecule has 0 spiro atoms. The number of carbonyl (C=O) groups excluding carboxylic acids is 3. The van der Waals surface area contributed by atoms with Crippen molar-refractivity contribution in [1.29, 1.82) is 0 Å². The molecular weight excluding hydrogens is 512 g/mol. The number of allylic oxidation sites excluding steroid dienone is 1. The first-order valence-electron chi connectivity index (χ1n) is 11.1. The number of hydrogen-bond donors (Lipinski definition) is 5. The van der Waals surface area contributed by atoms with E-state index < -0.39 is 34.9 Å². The highest BCUT2D eigenvalue weighted by Crippen LogP contribution is 2.41. The Morgan fingerprint density at radius 3 is 2.78 bits per heavy atom. The molecule has 0 aliphatic carbocycles. The number of fused-ring (bicyclic) bond motifs is 1. The van der Waals surface area contributed by atoms with E-state index in [0.29, 0.717) is 24.1 Å². The molecule has 0 unspecified atom stereocenters. The predicted octanol–water partition coefficient (Wildman–Crippen LogP) is -1.44. The standard InChI is InChI=1S/C20H22N8O6S2/c21-20-24-14(26-36-20)11(25-34)15(29)23-12-17(31)28-13(19(32)33)9(7-35-18(12)28)5-8-2-4-27(16(8)30)10-1-3-22-6-10/h5,10,12,18,22,34H,1-4,6-7H2,(H,23,29)(H,32,33)(H2,21,24,26)/t10-,12+,18+/m0/s1. The van der Waals surface area contributed by atoms with Gasteiger partial charge in [0.15, 0.2) is 5.13 Å². The van der Waals surface area contributed by atoms with Gasteiger partial charge in [0.2, 0.25) is 17.4 Å². The van der Waals surface area contributed by atoms with Crippen LogP contribution in [0.5, 0.6) is 0 Å². The highest BCUT2D eigenvalue weighted by Gasteiger charge is 2.54. The Bertz CT molecular complexity index is 1240. The second kappa shape index (κ2) is 9.51. The lowest BCUT2D eigenvalue weighted by atomic mass is 10.0. The normalized spacial score (nSPS) is 27.5. The van der Waals surface area contributed by atoms with Crippen LogP contribution >= 0.6 is 23.3 Å². The summed E-state index contributed by atoms with van der Waals surface area (Å²) in [4.78, 5) is 57.3. The first-order valence-corrected chi connectivity index (χ1v) is 12.9. The van der Waals surface area contributed by atoms with E-state index in [0.717, 1.165) is 35.9 Å². The van der Waals surface area contributed by atoms with Gasteiger partial charge in [0.05, 0.1) is 0 Å². The average molecular weight is 535 g/mol. The number of nitrogen functional groups attached to an aromatic ring is 1. The summed E-state index contributed by atoms with van der Waals surface area (Å²) in [5, 5.41) is 27.1. The van der Waals surface area contributed by atoms with E-state index in [4.69, 9.17) is 5.73 Å². The molecule has 3 amide bonds. The van der Waals surface area contributed by atoms with Gasteiger partial charge in [-0.25, -0.2) is 4.79 Å². The molecule has 1 aromatic heterocycles. The number of aliphatic carboxylic acids is 1. The molecule has 1 aromatic rings. The van der Waals surface area contributed by atoms with Crippen LogP contribution in [0.2, 0.25) is 0 Å². The second-order valence-corrected chi connectivity index (χ2v) is 10.4. The monoisotopic (exact) mass is 534 g/mol. The number of nitrogens with one attached hydrogen (secondary N) is 2. The van der Waals surface area contributed by atoms with Crippen LogP contribution in [0.15, 0.2) is 28.1 Å². The van der Waals surface area contributed by atoms with Crippen molar-refractivity contribution in [2.75, 3.05) is 31.1 Å². The lowest BCUT2D eigenvalue weighted by Gasteiger charge is -2.49. The van der Waals surface area contributed by atoms with Gasteiger partial charge in [-0.3, -0.25) is 19.3 Å². The molecule has 5 heterocycles. The number of aromatic nitrogens is 2.